The standard InChI is InChI=1S/C28H30Cl3N3O4S/c1-4-19(2)32-28(36)20(3)33(17-21-8-5-6-11-26(21)31)27(35)18-34(24-10-7-9-23(30)16-24)39(37,38)25-14-12-22(29)13-15-25/h5-16,19-20H,4,17-18H2,1-3H3,(H,32,36)/t19-,20-/m1/s1. The zero-order valence-electron chi connectivity index (χ0n) is 21.8. The Kier molecular flexibility index (Phi) is 10.7. The van der Waals surface area contributed by atoms with E-state index < -0.39 is 28.5 Å². The average molecular weight is 611 g/mol. The summed E-state index contributed by atoms with van der Waals surface area (Å²) in [7, 11) is -4.22. The van der Waals surface area contributed by atoms with Gasteiger partial charge in [-0.25, -0.2) is 8.42 Å². The van der Waals surface area contributed by atoms with E-state index in [1.807, 2.05) is 13.8 Å². The Bertz CT molecular complexity index is 1420. The number of benzene rings is 3. The number of nitrogens with one attached hydrogen (secondary N) is 1. The first kappa shape index (κ1) is 30.8. The fraction of sp³-hybridized carbons (Fsp3) is 0.286. The van der Waals surface area contributed by atoms with Crippen LogP contribution in [0.2, 0.25) is 15.1 Å². The SMILES string of the molecule is CC[C@@H](C)NC(=O)[C@@H](C)N(Cc1ccccc1Cl)C(=O)CN(c1cccc(Cl)c1)S(=O)(=O)c1ccc(Cl)cc1. The van der Waals surface area contributed by atoms with E-state index in [1.165, 1.54) is 35.2 Å². The van der Waals surface area contributed by atoms with Gasteiger partial charge in [-0.1, -0.05) is 66.0 Å². The summed E-state index contributed by atoms with van der Waals surface area (Å²) in [5.74, 6) is -0.959. The molecule has 1 N–H and O–H groups in total. The van der Waals surface area contributed by atoms with Gasteiger partial charge in [0.1, 0.15) is 12.6 Å². The van der Waals surface area contributed by atoms with Crippen molar-refractivity contribution in [2.24, 2.45) is 0 Å². The minimum absolute atomic E-state index is 0.00201. The van der Waals surface area contributed by atoms with Crippen molar-refractivity contribution in [3.05, 3.63) is 93.4 Å². The number of hydrogen-bond acceptors (Lipinski definition) is 4. The number of sulfonamides is 1. The fourth-order valence-corrected chi connectivity index (χ4v) is 5.66. The van der Waals surface area contributed by atoms with Crippen LogP contribution in [0.4, 0.5) is 5.69 Å². The number of amides is 2. The molecule has 11 heteroatoms. The molecule has 0 bridgehead atoms. The number of nitrogens with zero attached hydrogens (tertiary/aromatic N) is 2. The molecule has 2 amide bonds. The summed E-state index contributed by atoms with van der Waals surface area (Å²) in [6.45, 7) is 4.82. The molecule has 208 valence electrons. The van der Waals surface area contributed by atoms with Gasteiger partial charge in [0, 0.05) is 27.7 Å². The van der Waals surface area contributed by atoms with Crippen molar-refractivity contribution in [1.29, 1.82) is 0 Å². The van der Waals surface area contributed by atoms with Gasteiger partial charge in [0.25, 0.3) is 10.0 Å². The topological polar surface area (TPSA) is 86.8 Å². The summed E-state index contributed by atoms with van der Waals surface area (Å²) in [5, 5.41) is 3.98. The lowest BCUT2D eigenvalue weighted by atomic mass is 10.1. The summed E-state index contributed by atoms with van der Waals surface area (Å²) in [5.41, 5.74) is 0.811. The largest absolute Gasteiger partial charge is 0.352 e. The van der Waals surface area contributed by atoms with Gasteiger partial charge in [-0.2, -0.15) is 0 Å². The van der Waals surface area contributed by atoms with E-state index in [-0.39, 0.29) is 29.1 Å². The maximum Gasteiger partial charge on any atom is 0.264 e. The van der Waals surface area contributed by atoms with Crippen LogP contribution >= 0.6 is 34.8 Å². The van der Waals surface area contributed by atoms with Gasteiger partial charge >= 0.3 is 0 Å². The minimum Gasteiger partial charge on any atom is -0.352 e. The Labute approximate surface area is 244 Å². The summed E-state index contributed by atoms with van der Waals surface area (Å²) in [6, 6.07) is 17.8. The third-order valence-electron chi connectivity index (χ3n) is 6.24. The molecule has 2 atom stereocenters. The van der Waals surface area contributed by atoms with Gasteiger partial charge in [0.2, 0.25) is 11.8 Å². The first-order chi connectivity index (χ1) is 18.4. The lowest BCUT2D eigenvalue weighted by Crippen LogP contribution is -2.52. The molecule has 0 saturated carbocycles. The molecule has 0 saturated heterocycles. The van der Waals surface area contributed by atoms with Gasteiger partial charge < -0.3 is 10.2 Å². The number of halogens is 3. The van der Waals surface area contributed by atoms with Crippen molar-refractivity contribution in [1.82, 2.24) is 10.2 Å². The van der Waals surface area contributed by atoms with Gasteiger partial charge in [0.15, 0.2) is 0 Å². The number of hydrogen-bond donors (Lipinski definition) is 1. The Hall–Kier alpha value is -2.78. The van der Waals surface area contributed by atoms with E-state index in [0.29, 0.717) is 27.1 Å². The van der Waals surface area contributed by atoms with Crippen LogP contribution < -0.4 is 9.62 Å². The molecule has 3 aromatic rings. The molecule has 0 unspecified atom stereocenters. The molecule has 7 nitrogen and oxygen atoms in total. The molecule has 0 aliphatic rings. The van der Waals surface area contributed by atoms with Crippen molar-refractivity contribution in [3.8, 4) is 0 Å². The van der Waals surface area contributed by atoms with Crippen molar-refractivity contribution in [3.63, 3.8) is 0 Å². The smallest absolute Gasteiger partial charge is 0.264 e. The van der Waals surface area contributed by atoms with E-state index in [2.05, 4.69) is 5.32 Å². The molecule has 0 radical (unpaired) electrons. The van der Waals surface area contributed by atoms with Crippen molar-refractivity contribution >= 4 is 62.3 Å². The van der Waals surface area contributed by atoms with Crippen LogP contribution in [0.5, 0.6) is 0 Å². The highest BCUT2D eigenvalue weighted by Gasteiger charge is 2.33. The maximum atomic E-state index is 13.9. The molecule has 0 fully saturated rings. The van der Waals surface area contributed by atoms with Gasteiger partial charge in [0.05, 0.1) is 10.6 Å². The van der Waals surface area contributed by atoms with E-state index in [9.17, 15) is 18.0 Å². The molecule has 0 heterocycles. The van der Waals surface area contributed by atoms with Gasteiger partial charge in [-0.3, -0.25) is 13.9 Å². The van der Waals surface area contributed by atoms with Crippen LogP contribution in [-0.2, 0) is 26.2 Å². The predicted molar refractivity (Wildman–Crippen MR) is 157 cm³/mol. The molecule has 3 rings (SSSR count). The molecule has 0 aliphatic carbocycles. The van der Waals surface area contributed by atoms with E-state index in [1.54, 1.807) is 49.4 Å². The first-order valence-corrected chi connectivity index (χ1v) is 14.9. The summed E-state index contributed by atoms with van der Waals surface area (Å²) in [6.07, 6.45) is 0.707. The molecule has 0 aliphatic heterocycles. The molecule has 0 aromatic heterocycles. The third kappa shape index (κ3) is 7.88. The molecule has 0 spiro atoms. The Morgan fingerprint density at radius 2 is 1.56 bits per heavy atom. The zero-order chi connectivity index (χ0) is 28.7. The van der Waals surface area contributed by atoms with Crippen molar-refractivity contribution < 1.29 is 18.0 Å². The minimum atomic E-state index is -4.22. The van der Waals surface area contributed by atoms with Crippen LogP contribution in [0.15, 0.2) is 77.7 Å². The fourth-order valence-electron chi connectivity index (χ4n) is 3.75. The van der Waals surface area contributed by atoms with Gasteiger partial charge in [-0.15, -0.1) is 0 Å². The quantitative estimate of drug-likeness (QED) is 0.281. The van der Waals surface area contributed by atoms with Crippen molar-refractivity contribution in [2.75, 3.05) is 10.8 Å². The van der Waals surface area contributed by atoms with E-state index in [0.717, 1.165) is 4.31 Å². The van der Waals surface area contributed by atoms with Crippen LogP contribution in [0.25, 0.3) is 0 Å². The van der Waals surface area contributed by atoms with Crippen LogP contribution in [0.3, 0.4) is 0 Å². The second-order valence-electron chi connectivity index (χ2n) is 9.05. The lowest BCUT2D eigenvalue weighted by Gasteiger charge is -2.32. The highest BCUT2D eigenvalue weighted by atomic mass is 35.5. The maximum absolute atomic E-state index is 13.9. The molecule has 39 heavy (non-hydrogen) atoms. The summed E-state index contributed by atoms with van der Waals surface area (Å²) in [4.78, 5) is 28.3. The number of rotatable bonds is 11. The first-order valence-electron chi connectivity index (χ1n) is 12.3. The Balaban J connectivity index is 2.04. The predicted octanol–water partition coefficient (Wildman–Crippen LogP) is 6.17. The van der Waals surface area contributed by atoms with Crippen LogP contribution in [0, 0.1) is 0 Å². The Morgan fingerprint density at radius 3 is 2.18 bits per heavy atom. The second kappa shape index (κ2) is 13.5. The number of carbonyl (C=O) groups is 2. The van der Waals surface area contributed by atoms with Crippen LogP contribution in [0.1, 0.15) is 32.8 Å². The molecular weight excluding hydrogens is 581 g/mol. The monoisotopic (exact) mass is 609 g/mol. The number of carbonyl (C=O) groups excluding carboxylic acids is 2. The van der Waals surface area contributed by atoms with Crippen LogP contribution in [-0.4, -0.2) is 43.8 Å². The van der Waals surface area contributed by atoms with Crippen molar-refractivity contribution in [2.45, 2.75) is 50.7 Å². The Morgan fingerprint density at radius 1 is 0.897 bits per heavy atom. The number of anilines is 1. The average Bonchev–Trinajstić information content (AvgIpc) is 2.90. The third-order valence-corrected chi connectivity index (χ3v) is 8.89. The van der Waals surface area contributed by atoms with Gasteiger partial charge in [-0.05, 0) is 74.4 Å². The van der Waals surface area contributed by atoms with E-state index in [4.69, 9.17) is 34.8 Å². The highest BCUT2D eigenvalue weighted by Crippen LogP contribution is 2.28. The molecular formula is C28H30Cl3N3O4S. The lowest BCUT2D eigenvalue weighted by molar-refractivity contribution is -0.139. The highest BCUT2D eigenvalue weighted by molar-refractivity contribution is 7.92. The normalized spacial score (nSPS) is 12.9. The summed E-state index contributed by atoms with van der Waals surface area (Å²) >= 11 is 18.5. The molecule has 3 aromatic carbocycles. The summed E-state index contributed by atoms with van der Waals surface area (Å²) < 4.78 is 28.5. The van der Waals surface area contributed by atoms with E-state index >= 15 is 0 Å². The zero-order valence-corrected chi connectivity index (χ0v) is 24.9. The second-order valence-corrected chi connectivity index (χ2v) is 12.2.